The highest BCUT2D eigenvalue weighted by Gasteiger charge is 2.59. The molecule has 0 aromatic carbocycles. The molecule has 4 aliphatic carbocycles. The molecule has 41 heavy (non-hydrogen) atoms. The summed E-state index contributed by atoms with van der Waals surface area (Å²) in [6, 6.07) is -1.86. The third-order valence-electron chi connectivity index (χ3n) is 11.1. The number of nitrogens with zero attached hydrogens (tertiary/aromatic N) is 1. The number of carbonyl (C=O) groups is 4. The second-order valence-electron chi connectivity index (χ2n) is 13.5. The lowest BCUT2D eigenvalue weighted by Gasteiger charge is -2.58. The van der Waals surface area contributed by atoms with Crippen molar-refractivity contribution in [2.24, 2.45) is 39.7 Å². The first-order valence-electron chi connectivity index (χ1n) is 15.6. The van der Waals surface area contributed by atoms with E-state index in [2.05, 4.69) is 35.7 Å². The molecule has 228 valence electrons. The average molecular weight is 572 g/mol. The van der Waals surface area contributed by atoms with E-state index in [0.29, 0.717) is 36.4 Å². The van der Waals surface area contributed by atoms with Gasteiger partial charge in [-0.1, -0.05) is 44.3 Å². The molecule has 0 bridgehead atoms. The van der Waals surface area contributed by atoms with Crippen molar-refractivity contribution in [1.82, 2.24) is 10.6 Å². The Morgan fingerprint density at radius 1 is 1.07 bits per heavy atom. The topological polar surface area (TPSA) is 134 Å². The summed E-state index contributed by atoms with van der Waals surface area (Å²) in [6.45, 7) is 9.73. The van der Waals surface area contributed by atoms with Crippen LogP contribution in [0.5, 0.6) is 0 Å². The number of hydrogen-bond donors (Lipinski definition) is 3. The largest absolute Gasteiger partial charge is 0.480 e. The van der Waals surface area contributed by atoms with Gasteiger partial charge in [0, 0.05) is 5.92 Å². The van der Waals surface area contributed by atoms with Gasteiger partial charge < -0.3 is 20.6 Å². The number of amides is 2. The van der Waals surface area contributed by atoms with Gasteiger partial charge in [-0.2, -0.15) is 0 Å². The van der Waals surface area contributed by atoms with E-state index in [4.69, 9.17) is 4.84 Å². The zero-order chi connectivity index (χ0) is 29.9. The van der Waals surface area contributed by atoms with Gasteiger partial charge in [-0.05, 0) is 106 Å². The molecule has 3 N–H and O–H groups in total. The van der Waals surface area contributed by atoms with Crippen molar-refractivity contribution in [2.75, 3.05) is 6.61 Å². The van der Waals surface area contributed by atoms with Crippen LogP contribution in [0.15, 0.2) is 16.8 Å². The Labute approximate surface area is 244 Å². The first-order valence-corrected chi connectivity index (χ1v) is 15.6. The Balaban J connectivity index is 1.30. The minimum atomic E-state index is -1.09. The Bertz CT molecular complexity index is 1100. The van der Waals surface area contributed by atoms with Crippen molar-refractivity contribution in [1.29, 1.82) is 0 Å². The second kappa shape index (κ2) is 12.7. The molecule has 0 radical (unpaired) electrons. The molecule has 0 aliphatic heterocycles. The summed E-state index contributed by atoms with van der Waals surface area (Å²) in [5.41, 5.74) is 2.57. The number of ketones is 1. The Kier molecular flexibility index (Phi) is 9.64. The van der Waals surface area contributed by atoms with Crippen LogP contribution in [0.3, 0.4) is 0 Å². The van der Waals surface area contributed by atoms with Gasteiger partial charge in [0.2, 0.25) is 5.91 Å². The van der Waals surface area contributed by atoms with Crippen molar-refractivity contribution in [3.05, 3.63) is 11.6 Å². The maximum atomic E-state index is 12.4. The summed E-state index contributed by atoms with van der Waals surface area (Å²) in [6.07, 6.45) is 12.6. The predicted octanol–water partition coefficient (Wildman–Crippen LogP) is 4.79. The van der Waals surface area contributed by atoms with Gasteiger partial charge in [0.1, 0.15) is 17.9 Å². The lowest BCUT2D eigenvalue weighted by atomic mass is 9.46. The lowest BCUT2D eigenvalue weighted by molar-refractivity contribution is -0.142. The number of fused-ring (bicyclic) bond motifs is 5. The van der Waals surface area contributed by atoms with Crippen molar-refractivity contribution in [3.8, 4) is 0 Å². The molecule has 0 heterocycles. The van der Waals surface area contributed by atoms with Gasteiger partial charge in [-0.15, -0.1) is 0 Å². The SMILES string of the molecule is CCCCC(NC(=O)C(C)NC(=O)CON=C1C=C2CCC3C4CCC(C(C)=O)[C@@]4(C)CCC3[C@@]2(C)CC1)C(=O)O. The van der Waals surface area contributed by atoms with E-state index >= 15 is 0 Å². The number of aliphatic carboxylic acids is 1. The molecule has 4 aliphatic rings. The van der Waals surface area contributed by atoms with E-state index in [9.17, 15) is 24.3 Å². The number of carboxylic acids is 1. The van der Waals surface area contributed by atoms with Gasteiger partial charge in [0.15, 0.2) is 6.61 Å². The molecule has 3 saturated carbocycles. The molecule has 4 rings (SSSR count). The molecule has 9 nitrogen and oxygen atoms in total. The average Bonchev–Trinajstić information content (AvgIpc) is 3.28. The fourth-order valence-electron chi connectivity index (χ4n) is 8.80. The van der Waals surface area contributed by atoms with Crippen LogP contribution in [0.1, 0.15) is 105 Å². The van der Waals surface area contributed by atoms with Crippen LogP contribution < -0.4 is 10.6 Å². The van der Waals surface area contributed by atoms with E-state index in [-0.39, 0.29) is 23.4 Å². The minimum Gasteiger partial charge on any atom is -0.480 e. The molecule has 0 aromatic heterocycles. The van der Waals surface area contributed by atoms with Crippen LogP contribution in [0.25, 0.3) is 0 Å². The number of Topliss-reactive ketones (excluding diaryl/α,β-unsaturated/α-hetero) is 1. The maximum absolute atomic E-state index is 12.4. The standard InChI is InChI=1S/C32H49N3O6/c1-6-7-8-27(30(39)40)34-29(38)19(2)33-28(37)18-41-35-22-13-15-31(4)21(17-22)9-10-23-25-12-11-24(20(3)36)32(25,5)16-14-26(23)31/h17,19,23-27H,6-16,18H2,1-5H3,(H,33,37)(H,34,38)(H,39,40)/t19?,23?,24?,25?,26?,27?,31-,32+/m0/s1. The Morgan fingerprint density at radius 3 is 2.51 bits per heavy atom. The molecule has 0 saturated heterocycles. The molecule has 0 spiro atoms. The lowest BCUT2D eigenvalue weighted by Crippen LogP contribution is -2.51. The molecule has 6 unspecified atom stereocenters. The highest BCUT2D eigenvalue weighted by molar-refractivity contribution is 5.96. The smallest absolute Gasteiger partial charge is 0.326 e. The zero-order valence-corrected chi connectivity index (χ0v) is 25.5. The highest BCUT2D eigenvalue weighted by atomic mass is 16.6. The number of carbonyl (C=O) groups excluding carboxylic acids is 3. The predicted molar refractivity (Wildman–Crippen MR) is 156 cm³/mol. The van der Waals surface area contributed by atoms with E-state index in [1.165, 1.54) is 25.3 Å². The molecular formula is C32H49N3O6. The fourth-order valence-corrected chi connectivity index (χ4v) is 8.80. The van der Waals surface area contributed by atoms with Gasteiger partial charge >= 0.3 is 5.97 Å². The van der Waals surface area contributed by atoms with Gasteiger partial charge in [0.05, 0.1) is 5.71 Å². The van der Waals surface area contributed by atoms with Crippen LogP contribution in [0.2, 0.25) is 0 Å². The first kappa shape index (κ1) is 31.2. The molecule has 2 amide bonds. The normalized spacial score (nSPS) is 34.8. The highest BCUT2D eigenvalue weighted by Crippen LogP contribution is 2.66. The van der Waals surface area contributed by atoms with Crippen molar-refractivity contribution in [3.63, 3.8) is 0 Å². The van der Waals surface area contributed by atoms with Crippen LogP contribution >= 0.6 is 0 Å². The van der Waals surface area contributed by atoms with Crippen molar-refractivity contribution >= 4 is 29.3 Å². The number of allylic oxidation sites excluding steroid dienone is 2. The van der Waals surface area contributed by atoms with E-state index < -0.39 is 29.9 Å². The molecular weight excluding hydrogens is 522 g/mol. The fraction of sp³-hybridized carbons (Fsp3) is 0.781. The number of hydrogen-bond acceptors (Lipinski definition) is 6. The van der Waals surface area contributed by atoms with E-state index in [0.717, 1.165) is 50.7 Å². The summed E-state index contributed by atoms with van der Waals surface area (Å²) >= 11 is 0. The number of unbranched alkanes of at least 4 members (excludes halogenated alkanes) is 1. The van der Waals surface area contributed by atoms with Crippen molar-refractivity contribution in [2.45, 2.75) is 117 Å². The Hall–Kier alpha value is -2.71. The van der Waals surface area contributed by atoms with Gasteiger partial charge in [0.25, 0.3) is 5.91 Å². The molecule has 9 heteroatoms. The molecule has 8 atom stereocenters. The number of oxime groups is 1. The van der Waals surface area contributed by atoms with Gasteiger partial charge in [-0.3, -0.25) is 14.4 Å². The quantitative estimate of drug-likeness (QED) is 0.305. The van der Waals surface area contributed by atoms with Crippen molar-refractivity contribution < 1.29 is 29.1 Å². The van der Waals surface area contributed by atoms with E-state index in [1.54, 1.807) is 6.92 Å². The summed E-state index contributed by atoms with van der Waals surface area (Å²) < 4.78 is 0. The summed E-state index contributed by atoms with van der Waals surface area (Å²) in [5, 5.41) is 18.6. The van der Waals surface area contributed by atoms with Crippen LogP contribution in [0.4, 0.5) is 0 Å². The number of carboxylic acid groups (broad SMARTS) is 1. The Morgan fingerprint density at radius 2 is 1.83 bits per heavy atom. The third kappa shape index (κ3) is 6.38. The zero-order valence-electron chi connectivity index (χ0n) is 25.5. The summed E-state index contributed by atoms with van der Waals surface area (Å²) in [7, 11) is 0. The molecule has 0 aromatic rings. The monoisotopic (exact) mass is 571 g/mol. The van der Waals surface area contributed by atoms with Gasteiger partial charge in [-0.25, -0.2) is 4.79 Å². The number of rotatable bonds is 11. The van der Waals surface area contributed by atoms with E-state index in [1.807, 2.05) is 6.92 Å². The van der Waals surface area contributed by atoms with Crippen LogP contribution in [-0.4, -0.2) is 53.1 Å². The minimum absolute atomic E-state index is 0.142. The maximum Gasteiger partial charge on any atom is 0.326 e. The summed E-state index contributed by atoms with van der Waals surface area (Å²) in [4.78, 5) is 53.9. The third-order valence-corrected chi connectivity index (χ3v) is 11.1. The van der Waals surface area contributed by atoms with Crippen LogP contribution in [-0.2, 0) is 24.0 Å². The van der Waals surface area contributed by atoms with Crippen LogP contribution in [0, 0.1) is 34.5 Å². The first-order chi connectivity index (χ1) is 19.4. The number of nitrogens with one attached hydrogen (secondary N) is 2. The summed E-state index contributed by atoms with van der Waals surface area (Å²) in [5.74, 6) is 0.427. The second-order valence-corrected chi connectivity index (χ2v) is 13.5. The molecule has 3 fully saturated rings.